The van der Waals surface area contributed by atoms with Crippen LogP contribution in [0.5, 0.6) is 0 Å². The molecule has 0 aliphatic heterocycles. The summed E-state index contributed by atoms with van der Waals surface area (Å²) in [6, 6.07) is 0.0353. The predicted octanol–water partition coefficient (Wildman–Crippen LogP) is 1.77. The molecule has 96 valence electrons. The van der Waals surface area contributed by atoms with Crippen LogP contribution < -0.4 is 5.73 Å². The molecule has 0 saturated heterocycles. The molecule has 17 heavy (non-hydrogen) atoms. The van der Waals surface area contributed by atoms with Gasteiger partial charge in [-0.25, -0.2) is 0 Å². The van der Waals surface area contributed by atoms with Gasteiger partial charge in [-0.05, 0) is 19.8 Å². The number of rotatable bonds is 4. The molecule has 1 saturated carbocycles. The zero-order valence-corrected chi connectivity index (χ0v) is 10.6. The average molecular weight is 239 g/mol. The average Bonchev–Trinajstić information content (AvgIpc) is 2.78. The van der Waals surface area contributed by atoms with Gasteiger partial charge >= 0.3 is 0 Å². The minimum absolute atomic E-state index is 0.0353. The van der Waals surface area contributed by atoms with Gasteiger partial charge in [-0.1, -0.05) is 24.4 Å². The topological polar surface area (TPSA) is 74.2 Å². The molecule has 0 aromatic carbocycles. The largest absolute Gasteiger partial charge is 0.370 e. The summed E-state index contributed by atoms with van der Waals surface area (Å²) in [6.45, 7) is 1.93. The highest BCUT2D eigenvalue weighted by molar-refractivity contribution is 5.03. The molecule has 0 spiro atoms. The minimum Gasteiger partial charge on any atom is -0.370 e. The monoisotopic (exact) mass is 239 g/mol. The molecule has 1 aromatic rings. The summed E-state index contributed by atoms with van der Waals surface area (Å²) in [5, 5.41) is 4.07. The van der Waals surface area contributed by atoms with Gasteiger partial charge in [0.05, 0.1) is 0 Å². The number of methoxy groups -OCH3 is 1. The number of nitrogens with two attached hydrogens (primary N) is 1. The van der Waals surface area contributed by atoms with E-state index in [1.807, 2.05) is 6.92 Å². The molecule has 1 aliphatic rings. The van der Waals surface area contributed by atoms with Crippen LogP contribution in [0.25, 0.3) is 0 Å². The van der Waals surface area contributed by atoms with Crippen LogP contribution in [0.3, 0.4) is 0 Å². The smallest absolute Gasteiger partial charge is 0.228 e. The third kappa shape index (κ3) is 2.66. The lowest BCUT2D eigenvalue weighted by molar-refractivity contribution is -0.0527. The first-order valence-electron chi connectivity index (χ1n) is 6.30. The Morgan fingerprint density at radius 2 is 2.12 bits per heavy atom. The lowest BCUT2D eigenvalue weighted by atomic mass is 9.84. The lowest BCUT2D eigenvalue weighted by Gasteiger charge is -2.32. The van der Waals surface area contributed by atoms with Gasteiger partial charge in [0.25, 0.3) is 0 Å². The summed E-state index contributed by atoms with van der Waals surface area (Å²) in [5.74, 6) is 1.30. The standard InChI is InChI=1S/C12H21N3O2/c1-9(13)8-10-14-11(15-17-10)12(16-2)6-4-3-5-7-12/h9H,3-8,13H2,1-2H3. The third-order valence-corrected chi connectivity index (χ3v) is 3.42. The van der Waals surface area contributed by atoms with Crippen molar-refractivity contribution in [3.05, 3.63) is 11.7 Å². The molecule has 0 amide bonds. The van der Waals surface area contributed by atoms with Crippen LogP contribution in [0.2, 0.25) is 0 Å². The van der Waals surface area contributed by atoms with Gasteiger partial charge in [0.1, 0.15) is 5.60 Å². The van der Waals surface area contributed by atoms with Crippen molar-refractivity contribution in [1.29, 1.82) is 0 Å². The Bertz CT molecular complexity index is 356. The van der Waals surface area contributed by atoms with Gasteiger partial charge in [0, 0.05) is 19.6 Å². The second kappa shape index (κ2) is 5.14. The molecule has 2 rings (SSSR count). The molecular formula is C12H21N3O2. The van der Waals surface area contributed by atoms with Gasteiger partial charge in [0.2, 0.25) is 11.7 Å². The number of nitrogens with zero attached hydrogens (tertiary/aromatic N) is 2. The molecule has 5 heteroatoms. The normalized spacial score (nSPS) is 21.4. The van der Waals surface area contributed by atoms with Crippen LogP contribution in [0.4, 0.5) is 0 Å². The SMILES string of the molecule is COC1(c2noc(CC(C)N)n2)CCCCC1. The van der Waals surface area contributed by atoms with E-state index in [1.165, 1.54) is 6.42 Å². The Kier molecular flexibility index (Phi) is 3.79. The van der Waals surface area contributed by atoms with Gasteiger partial charge in [-0.15, -0.1) is 0 Å². The van der Waals surface area contributed by atoms with Gasteiger partial charge < -0.3 is 15.0 Å². The Hall–Kier alpha value is -0.940. The molecule has 1 aliphatic carbocycles. The Morgan fingerprint density at radius 3 is 2.71 bits per heavy atom. The van der Waals surface area contributed by atoms with Crippen LogP contribution in [-0.2, 0) is 16.8 Å². The molecule has 5 nitrogen and oxygen atoms in total. The van der Waals surface area contributed by atoms with E-state index in [-0.39, 0.29) is 11.6 Å². The summed E-state index contributed by atoms with van der Waals surface area (Å²) < 4.78 is 10.9. The molecular weight excluding hydrogens is 218 g/mol. The number of ether oxygens (including phenoxy) is 1. The van der Waals surface area contributed by atoms with E-state index in [0.717, 1.165) is 25.7 Å². The summed E-state index contributed by atoms with van der Waals surface area (Å²) in [6.07, 6.45) is 6.14. The van der Waals surface area contributed by atoms with Crippen molar-refractivity contribution in [3.8, 4) is 0 Å². The first-order valence-corrected chi connectivity index (χ1v) is 6.30. The fourth-order valence-electron chi connectivity index (χ4n) is 2.44. The van der Waals surface area contributed by atoms with Crippen LogP contribution >= 0.6 is 0 Å². The summed E-state index contributed by atoms with van der Waals surface area (Å²) in [7, 11) is 1.73. The maximum absolute atomic E-state index is 5.72. The molecule has 1 atom stereocenters. The van der Waals surface area contributed by atoms with E-state index >= 15 is 0 Å². The molecule has 0 radical (unpaired) electrons. The Labute approximate surface area is 102 Å². The molecule has 1 fully saturated rings. The molecule has 2 N–H and O–H groups in total. The van der Waals surface area contributed by atoms with Crippen LogP contribution in [-0.4, -0.2) is 23.3 Å². The van der Waals surface area contributed by atoms with E-state index in [0.29, 0.717) is 18.1 Å². The van der Waals surface area contributed by atoms with E-state index in [2.05, 4.69) is 10.1 Å². The van der Waals surface area contributed by atoms with Gasteiger partial charge in [-0.2, -0.15) is 4.98 Å². The van der Waals surface area contributed by atoms with Crippen molar-refractivity contribution < 1.29 is 9.26 Å². The zero-order chi connectivity index (χ0) is 12.3. The maximum atomic E-state index is 5.72. The number of aromatic nitrogens is 2. The van der Waals surface area contributed by atoms with E-state index in [4.69, 9.17) is 15.0 Å². The van der Waals surface area contributed by atoms with E-state index in [1.54, 1.807) is 7.11 Å². The third-order valence-electron chi connectivity index (χ3n) is 3.42. The first kappa shape index (κ1) is 12.5. The molecule has 0 bridgehead atoms. The van der Waals surface area contributed by atoms with Crippen molar-refractivity contribution in [1.82, 2.24) is 10.1 Å². The van der Waals surface area contributed by atoms with Crippen molar-refractivity contribution >= 4 is 0 Å². The van der Waals surface area contributed by atoms with Crippen LogP contribution in [0, 0.1) is 0 Å². The van der Waals surface area contributed by atoms with Gasteiger partial charge in [0.15, 0.2) is 0 Å². The fraction of sp³-hybridized carbons (Fsp3) is 0.833. The predicted molar refractivity (Wildman–Crippen MR) is 63.4 cm³/mol. The minimum atomic E-state index is -0.335. The van der Waals surface area contributed by atoms with Crippen molar-refractivity contribution in [2.75, 3.05) is 7.11 Å². The van der Waals surface area contributed by atoms with E-state index < -0.39 is 0 Å². The first-order chi connectivity index (χ1) is 8.16. The number of hydrogen-bond acceptors (Lipinski definition) is 5. The second-order valence-electron chi connectivity index (χ2n) is 4.95. The Balaban J connectivity index is 2.16. The van der Waals surface area contributed by atoms with Crippen LogP contribution in [0.1, 0.15) is 50.7 Å². The summed E-state index contributed by atoms with van der Waals surface area (Å²) in [4.78, 5) is 4.43. The highest BCUT2D eigenvalue weighted by Gasteiger charge is 2.38. The van der Waals surface area contributed by atoms with Crippen molar-refractivity contribution in [2.24, 2.45) is 5.73 Å². The molecule has 1 unspecified atom stereocenters. The second-order valence-corrected chi connectivity index (χ2v) is 4.95. The molecule has 1 aromatic heterocycles. The van der Waals surface area contributed by atoms with E-state index in [9.17, 15) is 0 Å². The number of hydrogen-bond donors (Lipinski definition) is 1. The van der Waals surface area contributed by atoms with Crippen molar-refractivity contribution in [3.63, 3.8) is 0 Å². The molecule has 1 heterocycles. The quantitative estimate of drug-likeness (QED) is 0.866. The fourth-order valence-corrected chi connectivity index (χ4v) is 2.44. The van der Waals surface area contributed by atoms with Crippen LogP contribution in [0.15, 0.2) is 4.52 Å². The Morgan fingerprint density at radius 1 is 1.41 bits per heavy atom. The van der Waals surface area contributed by atoms with Gasteiger partial charge in [-0.3, -0.25) is 0 Å². The van der Waals surface area contributed by atoms with Crippen molar-refractivity contribution in [2.45, 2.75) is 57.1 Å². The highest BCUT2D eigenvalue weighted by Crippen LogP contribution is 2.38. The highest BCUT2D eigenvalue weighted by atomic mass is 16.5. The summed E-state index contributed by atoms with van der Waals surface area (Å²) in [5.41, 5.74) is 5.38. The lowest BCUT2D eigenvalue weighted by Crippen LogP contribution is -2.32. The zero-order valence-electron chi connectivity index (χ0n) is 10.6. The summed E-state index contributed by atoms with van der Waals surface area (Å²) >= 11 is 0. The maximum Gasteiger partial charge on any atom is 0.228 e.